The highest BCUT2D eigenvalue weighted by Gasteiger charge is 2.09. The molecule has 0 aliphatic heterocycles. The third-order valence-corrected chi connectivity index (χ3v) is 1.74. The second-order valence-electron chi connectivity index (χ2n) is 2.92. The highest BCUT2D eigenvalue weighted by molar-refractivity contribution is 5.21. The van der Waals surface area contributed by atoms with Crippen molar-refractivity contribution in [1.29, 1.82) is 0 Å². The van der Waals surface area contributed by atoms with Gasteiger partial charge in [0.25, 0.3) is 0 Å². The maximum atomic E-state index is 5.37. The molecule has 80 valence electrons. The lowest BCUT2D eigenvalue weighted by molar-refractivity contribution is 0.205. The normalized spacial score (nSPS) is 10.5. The van der Waals surface area contributed by atoms with E-state index in [0.29, 0.717) is 25.1 Å². The first-order valence-electron chi connectivity index (χ1n) is 4.45. The number of hydrogen-bond donors (Lipinski definition) is 1. The number of nitrogens with zero attached hydrogens (tertiary/aromatic N) is 3. The van der Waals surface area contributed by atoms with Crippen LogP contribution in [0.5, 0.6) is 0 Å². The van der Waals surface area contributed by atoms with Gasteiger partial charge in [0, 0.05) is 20.7 Å². The van der Waals surface area contributed by atoms with Crippen LogP contribution < -0.4 is 10.2 Å². The molecule has 0 spiro atoms. The van der Waals surface area contributed by atoms with Gasteiger partial charge in [-0.15, -0.1) is 5.10 Å². The number of ether oxygens (including phenoxy) is 1. The van der Waals surface area contributed by atoms with Crippen LogP contribution in [0.3, 0.4) is 0 Å². The SMILES string of the molecule is CNCc1nnc(N(C)CCOC)o1. The first-order valence-corrected chi connectivity index (χ1v) is 4.45. The summed E-state index contributed by atoms with van der Waals surface area (Å²) in [6, 6.07) is 0.521. The Labute approximate surface area is 83.2 Å². The Hall–Kier alpha value is -1.14. The van der Waals surface area contributed by atoms with Crippen molar-refractivity contribution in [3.63, 3.8) is 0 Å². The first kappa shape index (κ1) is 10.9. The molecule has 0 aromatic carbocycles. The Balaban J connectivity index is 2.48. The van der Waals surface area contributed by atoms with E-state index in [-0.39, 0.29) is 0 Å². The fraction of sp³-hybridized carbons (Fsp3) is 0.750. The quantitative estimate of drug-likeness (QED) is 0.690. The van der Waals surface area contributed by atoms with Crippen LogP contribution in [0.15, 0.2) is 4.42 Å². The number of anilines is 1. The van der Waals surface area contributed by atoms with Gasteiger partial charge in [0.05, 0.1) is 13.2 Å². The molecule has 0 amide bonds. The zero-order valence-electron chi connectivity index (χ0n) is 8.78. The third-order valence-electron chi connectivity index (χ3n) is 1.74. The second kappa shape index (κ2) is 5.56. The summed E-state index contributed by atoms with van der Waals surface area (Å²) in [5, 5.41) is 10.7. The predicted octanol–water partition coefficient (Wildman–Crippen LogP) is -0.128. The Morgan fingerprint density at radius 2 is 2.29 bits per heavy atom. The van der Waals surface area contributed by atoms with E-state index in [1.807, 2.05) is 19.0 Å². The molecule has 1 rings (SSSR count). The second-order valence-corrected chi connectivity index (χ2v) is 2.92. The lowest BCUT2D eigenvalue weighted by Crippen LogP contribution is -2.22. The van der Waals surface area contributed by atoms with Crippen LogP contribution in [0.4, 0.5) is 6.01 Å². The zero-order chi connectivity index (χ0) is 10.4. The van der Waals surface area contributed by atoms with Gasteiger partial charge in [-0.05, 0) is 7.05 Å². The third kappa shape index (κ3) is 2.97. The van der Waals surface area contributed by atoms with Crippen LogP contribution in [0.1, 0.15) is 5.89 Å². The van der Waals surface area contributed by atoms with Crippen molar-refractivity contribution in [3.8, 4) is 0 Å². The van der Waals surface area contributed by atoms with E-state index in [1.54, 1.807) is 7.11 Å². The minimum absolute atomic E-state index is 0.521. The van der Waals surface area contributed by atoms with E-state index in [2.05, 4.69) is 15.5 Å². The van der Waals surface area contributed by atoms with Crippen LogP contribution in [0, 0.1) is 0 Å². The van der Waals surface area contributed by atoms with Crippen molar-refractivity contribution in [3.05, 3.63) is 5.89 Å². The zero-order valence-corrected chi connectivity index (χ0v) is 8.78. The molecule has 14 heavy (non-hydrogen) atoms. The minimum atomic E-state index is 0.521. The van der Waals surface area contributed by atoms with Crippen LogP contribution in [-0.2, 0) is 11.3 Å². The molecule has 0 aliphatic rings. The average Bonchev–Trinajstić information content (AvgIpc) is 2.63. The van der Waals surface area contributed by atoms with E-state index in [1.165, 1.54) is 0 Å². The first-order chi connectivity index (χ1) is 6.77. The molecule has 1 aromatic heterocycles. The molecule has 6 heteroatoms. The van der Waals surface area contributed by atoms with Gasteiger partial charge >= 0.3 is 6.01 Å². The number of methoxy groups -OCH3 is 1. The van der Waals surface area contributed by atoms with Crippen molar-refractivity contribution in [1.82, 2.24) is 15.5 Å². The van der Waals surface area contributed by atoms with Gasteiger partial charge in [-0.3, -0.25) is 0 Å². The average molecular weight is 200 g/mol. The molecule has 0 fully saturated rings. The molecule has 6 nitrogen and oxygen atoms in total. The molecule has 0 bridgehead atoms. The standard InChI is InChI=1S/C8H16N4O2/c1-9-6-7-10-11-8(14-7)12(2)4-5-13-3/h9H,4-6H2,1-3H3. The van der Waals surface area contributed by atoms with Crippen molar-refractivity contribution in [2.45, 2.75) is 6.54 Å². The molecule has 0 saturated carbocycles. The summed E-state index contributed by atoms with van der Waals surface area (Å²) in [4.78, 5) is 1.86. The summed E-state index contributed by atoms with van der Waals surface area (Å²) < 4.78 is 10.3. The Kier molecular flexibility index (Phi) is 4.34. The highest BCUT2D eigenvalue weighted by Crippen LogP contribution is 2.09. The van der Waals surface area contributed by atoms with Crippen LogP contribution in [0.25, 0.3) is 0 Å². The number of aromatic nitrogens is 2. The van der Waals surface area contributed by atoms with Gasteiger partial charge in [-0.2, -0.15) is 0 Å². The minimum Gasteiger partial charge on any atom is -0.407 e. The van der Waals surface area contributed by atoms with E-state index in [9.17, 15) is 0 Å². The highest BCUT2D eigenvalue weighted by atomic mass is 16.5. The van der Waals surface area contributed by atoms with Crippen molar-refractivity contribution in [2.75, 3.05) is 39.3 Å². The van der Waals surface area contributed by atoms with Gasteiger partial charge in [-0.1, -0.05) is 5.10 Å². The predicted molar refractivity (Wildman–Crippen MR) is 52.2 cm³/mol. The largest absolute Gasteiger partial charge is 0.407 e. The number of likely N-dealkylation sites (N-methyl/N-ethyl adjacent to an activating group) is 1. The molecule has 1 N–H and O–H groups in total. The lowest BCUT2D eigenvalue weighted by atomic mass is 10.6. The summed E-state index contributed by atoms with van der Waals surface area (Å²) in [6.45, 7) is 1.96. The molecule has 0 unspecified atom stereocenters. The summed E-state index contributed by atoms with van der Waals surface area (Å²) in [7, 11) is 5.38. The van der Waals surface area contributed by atoms with Gasteiger partial charge in [0.1, 0.15) is 0 Å². The Bertz CT molecular complexity index is 264. The maximum absolute atomic E-state index is 5.37. The monoisotopic (exact) mass is 200 g/mol. The summed E-state index contributed by atoms with van der Waals surface area (Å²) in [6.07, 6.45) is 0. The summed E-state index contributed by atoms with van der Waals surface area (Å²) in [5.41, 5.74) is 0. The lowest BCUT2D eigenvalue weighted by Gasteiger charge is -2.12. The van der Waals surface area contributed by atoms with E-state index in [4.69, 9.17) is 9.15 Å². The van der Waals surface area contributed by atoms with Crippen LogP contribution in [-0.4, -0.2) is 44.6 Å². The van der Waals surface area contributed by atoms with Gasteiger partial charge in [-0.25, -0.2) is 0 Å². The van der Waals surface area contributed by atoms with Gasteiger partial charge < -0.3 is 19.4 Å². The smallest absolute Gasteiger partial charge is 0.318 e. The topological polar surface area (TPSA) is 63.4 Å². The van der Waals surface area contributed by atoms with Crippen molar-refractivity contribution in [2.24, 2.45) is 0 Å². The molecular weight excluding hydrogens is 184 g/mol. The Morgan fingerprint density at radius 1 is 1.50 bits per heavy atom. The van der Waals surface area contributed by atoms with Crippen molar-refractivity contribution < 1.29 is 9.15 Å². The van der Waals surface area contributed by atoms with Gasteiger partial charge in [0.15, 0.2) is 0 Å². The molecule has 1 heterocycles. The molecule has 1 aromatic rings. The van der Waals surface area contributed by atoms with Gasteiger partial charge in [0.2, 0.25) is 5.89 Å². The molecule has 0 radical (unpaired) electrons. The molecular formula is C8H16N4O2. The molecule has 0 aliphatic carbocycles. The van der Waals surface area contributed by atoms with E-state index in [0.717, 1.165) is 6.54 Å². The number of hydrogen-bond acceptors (Lipinski definition) is 6. The van der Waals surface area contributed by atoms with E-state index >= 15 is 0 Å². The maximum Gasteiger partial charge on any atom is 0.318 e. The fourth-order valence-electron chi connectivity index (χ4n) is 0.946. The summed E-state index contributed by atoms with van der Waals surface area (Å²) >= 11 is 0. The van der Waals surface area contributed by atoms with Crippen LogP contribution >= 0.6 is 0 Å². The number of nitrogens with one attached hydrogen (secondary N) is 1. The Morgan fingerprint density at radius 3 is 2.93 bits per heavy atom. The van der Waals surface area contributed by atoms with E-state index < -0.39 is 0 Å². The summed E-state index contributed by atoms with van der Waals surface area (Å²) in [5.74, 6) is 0.590. The fourth-order valence-corrected chi connectivity index (χ4v) is 0.946. The van der Waals surface area contributed by atoms with Crippen LogP contribution in [0.2, 0.25) is 0 Å². The molecule has 0 saturated heterocycles. The van der Waals surface area contributed by atoms with Crippen molar-refractivity contribution >= 4 is 6.01 Å². The molecule has 0 atom stereocenters. The number of rotatable bonds is 6.